The first kappa shape index (κ1) is 13.3. The van der Waals surface area contributed by atoms with Crippen LogP contribution in [0.3, 0.4) is 0 Å². The second-order valence-corrected chi connectivity index (χ2v) is 4.50. The Morgan fingerprint density at radius 1 is 1.11 bits per heavy atom. The van der Waals surface area contributed by atoms with Crippen LogP contribution in [0, 0.1) is 0 Å². The van der Waals surface area contributed by atoms with Crippen LogP contribution in [-0.4, -0.2) is 16.5 Å². The summed E-state index contributed by atoms with van der Waals surface area (Å²) in [6.07, 6.45) is 3.57. The Morgan fingerprint density at radius 2 is 1.89 bits per heavy atom. The number of rotatable bonds is 6. The van der Waals surface area contributed by atoms with Crippen LogP contribution in [0.15, 0.2) is 36.4 Å². The molecule has 4 heteroatoms. The van der Waals surface area contributed by atoms with Gasteiger partial charge in [0.1, 0.15) is 11.6 Å². The van der Waals surface area contributed by atoms with Gasteiger partial charge in [0.25, 0.3) is 0 Å². The number of nitrogens with zero attached hydrogens (tertiary/aromatic N) is 2. The van der Waals surface area contributed by atoms with Crippen LogP contribution in [0.4, 0.5) is 11.6 Å². The first-order valence-electron chi connectivity index (χ1n) is 6.73. The smallest absolute Gasteiger partial charge is 0.163 e. The van der Waals surface area contributed by atoms with Crippen LogP contribution in [0.25, 0.3) is 11.4 Å². The number of benzene rings is 1. The Labute approximate surface area is 114 Å². The molecule has 1 heterocycles. The van der Waals surface area contributed by atoms with Gasteiger partial charge in [0, 0.05) is 18.2 Å². The Hall–Kier alpha value is -2.10. The molecule has 0 fully saturated rings. The van der Waals surface area contributed by atoms with Gasteiger partial charge in [0.2, 0.25) is 0 Å². The van der Waals surface area contributed by atoms with Gasteiger partial charge in [0.15, 0.2) is 5.82 Å². The average Bonchev–Trinajstić information content (AvgIpc) is 2.44. The van der Waals surface area contributed by atoms with Gasteiger partial charge in [0.05, 0.1) is 0 Å². The zero-order valence-electron chi connectivity index (χ0n) is 11.3. The predicted molar refractivity (Wildman–Crippen MR) is 79.9 cm³/mol. The molecule has 0 aliphatic rings. The van der Waals surface area contributed by atoms with E-state index in [4.69, 9.17) is 5.73 Å². The highest BCUT2D eigenvalue weighted by Crippen LogP contribution is 2.18. The Bertz CT molecular complexity index is 511. The molecule has 19 heavy (non-hydrogen) atoms. The van der Waals surface area contributed by atoms with Crippen LogP contribution in [0.1, 0.15) is 26.2 Å². The standard InChI is InChI=1S/C15H20N4/c1-2-3-7-10-17-14-11-13(16)18-15(19-14)12-8-5-4-6-9-12/h4-6,8-9,11H,2-3,7,10H2,1H3,(H3,16,17,18,19). The number of unbranched alkanes of at least 4 members (excludes halogenated alkanes) is 2. The molecular formula is C15H20N4. The fourth-order valence-corrected chi connectivity index (χ4v) is 1.86. The number of nitrogens with one attached hydrogen (secondary N) is 1. The highest BCUT2D eigenvalue weighted by atomic mass is 15.0. The van der Waals surface area contributed by atoms with Gasteiger partial charge in [-0.25, -0.2) is 9.97 Å². The van der Waals surface area contributed by atoms with E-state index in [1.54, 1.807) is 6.07 Å². The molecule has 0 radical (unpaired) electrons. The number of hydrogen-bond acceptors (Lipinski definition) is 4. The minimum atomic E-state index is 0.492. The van der Waals surface area contributed by atoms with Gasteiger partial charge in [-0.05, 0) is 6.42 Å². The molecule has 0 aliphatic heterocycles. The van der Waals surface area contributed by atoms with Crippen molar-refractivity contribution in [2.45, 2.75) is 26.2 Å². The summed E-state index contributed by atoms with van der Waals surface area (Å²) in [6, 6.07) is 11.6. The van der Waals surface area contributed by atoms with Crippen molar-refractivity contribution < 1.29 is 0 Å². The molecule has 0 saturated heterocycles. The van der Waals surface area contributed by atoms with Crippen molar-refractivity contribution in [3.05, 3.63) is 36.4 Å². The fourth-order valence-electron chi connectivity index (χ4n) is 1.86. The summed E-state index contributed by atoms with van der Waals surface area (Å²) in [6.45, 7) is 3.11. The molecule has 0 atom stereocenters. The summed E-state index contributed by atoms with van der Waals surface area (Å²) in [5, 5.41) is 3.30. The Balaban J connectivity index is 2.11. The molecule has 0 amide bonds. The van der Waals surface area contributed by atoms with E-state index in [0.29, 0.717) is 11.6 Å². The highest BCUT2D eigenvalue weighted by molar-refractivity contribution is 5.60. The molecule has 1 aromatic heterocycles. The van der Waals surface area contributed by atoms with Crippen LogP contribution >= 0.6 is 0 Å². The molecule has 0 saturated carbocycles. The summed E-state index contributed by atoms with van der Waals surface area (Å²) in [5.74, 6) is 1.95. The number of aromatic nitrogens is 2. The monoisotopic (exact) mass is 256 g/mol. The van der Waals surface area contributed by atoms with Crippen molar-refractivity contribution in [1.29, 1.82) is 0 Å². The van der Waals surface area contributed by atoms with Crippen molar-refractivity contribution >= 4 is 11.6 Å². The summed E-state index contributed by atoms with van der Waals surface area (Å²) in [7, 11) is 0. The van der Waals surface area contributed by atoms with Gasteiger partial charge in [-0.15, -0.1) is 0 Å². The van der Waals surface area contributed by atoms with E-state index < -0.39 is 0 Å². The van der Waals surface area contributed by atoms with Crippen LogP contribution in [0.5, 0.6) is 0 Å². The van der Waals surface area contributed by atoms with E-state index in [1.165, 1.54) is 12.8 Å². The number of nitrogen functional groups attached to an aromatic ring is 1. The summed E-state index contributed by atoms with van der Waals surface area (Å²) in [4.78, 5) is 8.77. The third kappa shape index (κ3) is 3.95. The molecule has 2 rings (SSSR count). The molecule has 0 unspecified atom stereocenters. The molecule has 4 nitrogen and oxygen atoms in total. The van der Waals surface area contributed by atoms with Gasteiger partial charge in [-0.2, -0.15) is 0 Å². The second kappa shape index (κ2) is 6.73. The van der Waals surface area contributed by atoms with Crippen molar-refractivity contribution in [1.82, 2.24) is 9.97 Å². The van der Waals surface area contributed by atoms with Gasteiger partial charge in [-0.3, -0.25) is 0 Å². The van der Waals surface area contributed by atoms with Gasteiger partial charge in [-0.1, -0.05) is 50.1 Å². The van der Waals surface area contributed by atoms with Crippen LogP contribution in [0.2, 0.25) is 0 Å². The zero-order valence-corrected chi connectivity index (χ0v) is 11.3. The van der Waals surface area contributed by atoms with Crippen LogP contribution in [-0.2, 0) is 0 Å². The summed E-state index contributed by atoms with van der Waals surface area (Å²) < 4.78 is 0. The molecule has 0 spiro atoms. The number of hydrogen-bond donors (Lipinski definition) is 2. The van der Waals surface area contributed by atoms with Crippen LogP contribution < -0.4 is 11.1 Å². The largest absolute Gasteiger partial charge is 0.384 e. The lowest BCUT2D eigenvalue weighted by Crippen LogP contribution is -2.06. The average molecular weight is 256 g/mol. The van der Waals surface area contributed by atoms with E-state index in [-0.39, 0.29) is 0 Å². The van der Waals surface area contributed by atoms with E-state index >= 15 is 0 Å². The van der Waals surface area contributed by atoms with E-state index in [2.05, 4.69) is 22.2 Å². The third-order valence-corrected chi connectivity index (χ3v) is 2.86. The quantitative estimate of drug-likeness (QED) is 0.778. The molecule has 2 aromatic rings. The van der Waals surface area contributed by atoms with Crippen molar-refractivity contribution in [3.63, 3.8) is 0 Å². The van der Waals surface area contributed by atoms with E-state index in [9.17, 15) is 0 Å². The third-order valence-electron chi connectivity index (χ3n) is 2.86. The molecule has 3 N–H and O–H groups in total. The maximum atomic E-state index is 5.84. The van der Waals surface area contributed by atoms with Gasteiger partial charge >= 0.3 is 0 Å². The normalized spacial score (nSPS) is 10.4. The predicted octanol–water partition coefficient (Wildman–Crippen LogP) is 3.33. The maximum absolute atomic E-state index is 5.84. The molecule has 0 aliphatic carbocycles. The van der Waals surface area contributed by atoms with Gasteiger partial charge < -0.3 is 11.1 Å². The highest BCUT2D eigenvalue weighted by Gasteiger charge is 2.04. The first-order chi connectivity index (χ1) is 9.29. The van der Waals surface area contributed by atoms with Crippen molar-refractivity contribution in [2.75, 3.05) is 17.6 Å². The molecule has 100 valence electrons. The first-order valence-corrected chi connectivity index (χ1v) is 6.73. The second-order valence-electron chi connectivity index (χ2n) is 4.50. The van der Waals surface area contributed by atoms with E-state index in [0.717, 1.165) is 24.3 Å². The van der Waals surface area contributed by atoms with Crippen molar-refractivity contribution in [3.8, 4) is 11.4 Å². The molecule has 1 aromatic carbocycles. The summed E-state index contributed by atoms with van der Waals surface area (Å²) in [5.41, 5.74) is 6.81. The van der Waals surface area contributed by atoms with E-state index in [1.807, 2.05) is 30.3 Å². The number of anilines is 2. The lowest BCUT2D eigenvalue weighted by atomic mass is 10.2. The SMILES string of the molecule is CCCCCNc1cc(N)nc(-c2ccccc2)n1. The zero-order chi connectivity index (χ0) is 13.5. The topological polar surface area (TPSA) is 63.8 Å². The molecular weight excluding hydrogens is 236 g/mol. The van der Waals surface area contributed by atoms with Crippen molar-refractivity contribution in [2.24, 2.45) is 0 Å². The lowest BCUT2D eigenvalue weighted by molar-refractivity contribution is 0.742. The molecule has 0 bridgehead atoms. The Morgan fingerprint density at radius 3 is 2.63 bits per heavy atom. The number of nitrogens with two attached hydrogens (primary N) is 1. The fraction of sp³-hybridized carbons (Fsp3) is 0.333. The maximum Gasteiger partial charge on any atom is 0.163 e. The minimum Gasteiger partial charge on any atom is -0.384 e. The Kier molecular flexibility index (Phi) is 4.72. The minimum absolute atomic E-state index is 0.492. The summed E-state index contributed by atoms with van der Waals surface area (Å²) >= 11 is 0. The lowest BCUT2D eigenvalue weighted by Gasteiger charge is -2.08.